The zero-order valence-corrected chi connectivity index (χ0v) is 16.3. The van der Waals surface area contributed by atoms with E-state index in [4.69, 9.17) is 0 Å². The topological polar surface area (TPSA) is 55.1 Å². The molecule has 0 amide bonds. The molecule has 8 heteroatoms. The number of aliphatic carboxylic acids is 1. The van der Waals surface area contributed by atoms with E-state index >= 15 is 0 Å². The van der Waals surface area contributed by atoms with Gasteiger partial charge in [-0.2, -0.15) is 0 Å². The number of carboxylic acids is 1. The average Bonchev–Trinajstić information content (AvgIpc) is 3.26. The zero-order valence-electron chi connectivity index (χ0n) is 15.5. The van der Waals surface area contributed by atoms with Crippen LogP contribution in [-0.4, -0.2) is 20.6 Å². The third-order valence-electron chi connectivity index (χ3n) is 5.10. The average molecular weight is 418 g/mol. The van der Waals surface area contributed by atoms with Crippen LogP contribution in [0.4, 0.5) is 13.2 Å². The molecule has 0 atom stereocenters. The summed E-state index contributed by atoms with van der Waals surface area (Å²) in [4.78, 5) is 15.9. The number of hydrogen-bond acceptors (Lipinski definition) is 3. The number of carboxylic acid groups (broad SMARTS) is 1. The first kappa shape index (κ1) is 19.4. The number of nitrogens with zero attached hydrogens (tertiary/aromatic N) is 2. The molecular weight excluding hydrogens is 401 g/mol. The number of para-hydroxylation sites is 1. The van der Waals surface area contributed by atoms with Crippen molar-refractivity contribution in [1.29, 1.82) is 0 Å². The Labute approximate surface area is 168 Å². The Balaban J connectivity index is 2.04. The molecule has 0 aliphatic rings. The molecule has 29 heavy (non-hydrogen) atoms. The lowest BCUT2D eigenvalue weighted by Gasteiger charge is -2.06. The first-order chi connectivity index (χ1) is 14.0. The fraction of sp³-hybridized carbons (Fsp3) is 0.238. The van der Waals surface area contributed by atoms with E-state index in [0.717, 1.165) is 16.5 Å². The summed E-state index contributed by atoms with van der Waals surface area (Å²) in [5.74, 6) is -0.975. The molecule has 0 unspecified atom stereocenters. The van der Waals surface area contributed by atoms with Crippen molar-refractivity contribution >= 4 is 38.4 Å². The maximum absolute atomic E-state index is 13.7. The molecule has 0 radical (unpaired) electrons. The number of thiazole rings is 1. The van der Waals surface area contributed by atoms with Gasteiger partial charge in [0, 0.05) is 33.3 Å². The van der Waals surface area contributed by atoms with Crippen molar-refractivity contribution in [2.24, 2.45) is 0 Å². The monoisotopic (exact) mass is 418 g/mol. The van der Waals surface area contributed by atoms with Crippen molar-refractivity contribution in [3.8, 4) is 10.6 Å². The molecule has 2 aromatic carbocycles. The summed E-state index contributed by atoms with van der Waals surface area (Å²) in [5, 5.41) is 10.6. The highest BCUT2D eigenvalue weighted by Gasteiger charge is 2.22. The van der Waals surface area contributed by atoms with Gasteiger partial charge in [0.2, 0.25) is 0 Å². The lowest BCUT2D eigenvalue weighted by Crippen LogP contribution is -2.09. The van der Waals surface area contributed by atoms with Crippen molar-refractivity contribution in [2.75, 3.05) is 0 Å². The van der Waals surface area contributed by atoms with Crippen LogP contribution in [0.2, 0.25) is 0 Å². The standard InChI is InChI=1S/C21H17F3N2O2S/c1-11-18(14-4-2-3-5-16(14)26(11)10-17(27)28)21-25-19-15(9-24)12(7-22)6-13(8-23)20(19)29-21/h2-6H,7-10H2,1H3,(H,27,28). The van der Waals surface area contributed by atoms with Crippen LogP contribution in [0.1, 0.15) is 22.4 Å². The number of carbonyl (C=O) groups is 1. The summed E-state index contributed by atoms with van der Waals surface area (Å²) in [6.07, 6.45) is 0. The number of hydrogen-bond donors (Lipinski definition) is 1. The van der Waals surface area contributed by atoms with Crippen LogP contribution in [-0.2, 0) is 31.4 Å². The van der Waals surface area contributed by atoms with Crippen molar-refractivity contribution in [3.05, 3.63) is 52.7 Å². The van der Waals surface area contributed by atoms with Crippen LogP contribution in [0, 0.1) is 6.92 Å². The van der Waals surface area contributed by atoms with E-state index in [0.29, 0.717) is 15.4 Å². The van der Waals surface area contributed by atoms with Gasteiger partial charge >= 0.3 is 5.97 Å². The minimum absolute atomic E-state index is 0.106. The highest BCUT2D eigenvalue weighted by molar-refractivity contribution is 7.22. The first-order valence-corrected chi connectivity index (χ1v) is 9.73. The Kier molecular flexibility index (Phi) is 5.04. The lowest BCUT2D eigenvalue weighted by molar-refractivity contribution is -0.137. The molecule has 0 saturated heterocycles. The SMILES string of the molecule is Cc1c(-c2nc3c(CF)c(CF)cc(CF)c3s2)c2ccccc2n1CC(=O)O. The van der Waals surface area contributed by atoms with E-state index in [2.05, 4.69) is 4.98 Å². The van der Waals surface area contributed by atoms with Crippen molar-refractivity contribution in [2.45, 2.75) is 33.5 Å². The van der Waals surface area contributed by atoms with Crippen molar-refractivity contribution in [1.82, 2.24) is 9.55 Å². The zero-order chi connectivity index (χ0) is 20.7. The van der Waals surface area contributed by atoms with Gasteiger partial charge < -0.3 is 9.67 Å². The molecule has 150 valence electrons. The molecule has 4 rings (SSSR count). The van der Waals surface area contributed by atoms with Crippen LogP contribution in [0.3, 0.4) is 0 Å². The number of aromatic nitrogens is 2. The molecule has 0 fully saturated rings. The Hall–Kier alpha value is -2.87. The maximum Gasteiger partial charge on any atom is 0.323 e. The number of rotatable bonds is 6. The molecule has 2 aromatic heterocycles. The smallest absolute Gasteiger partial charge is 0.323 e. The van der Waals surface area contributed by atoms with Crippen molar-refractivity contribution < 1.29 is 23.1 Å². The third kappa shape index (κ3) is 3.07. The fourth-order valence-corrected chi connectivity index (χ4v) is 4.97. The van der Waals surface area contributed by atoms with Gasteiger partial charge in [0.25, 0.3) is 0 Å². The van der Waals surface area contributed by atoms with E-state index in [9.17, 15) is 23.1 Å². The molecule has 1 N–H and O–H groups in total. The second-order valence-corrected chi connectivity index (χ2v) is 7.73. The van der Waals surface area contributed by atoms with Crippen LogP contribution in [0.5, 0.6) is 0 Å². The molecule has 0 saturated carbocycles. The number of halogens is 3. The number of alkyl halides is 3. The van der Waals surface area contributed by atoms with E-state index < -0.39 is 26.0 Å². The normalized spacial score (nSPS) is 11.6. The minimum atomic E-state index is -0.975. The van der Waals surface area contributed by atoms with Crippen LogP contribution in [0.15, 0.2) is 30.3 Å². The fourth-order valence-electron chi connectivity index (χ4n) is 3.77. The lowest BCUT2D eigenvalue weighted by atomic mass is 10.0. The molecule has 0 bridgehead atoms. The third-order valence-corrected chi connectivity index (χ3v) is 6.25. The number of benzene rings is 2. The van der Waals surface area contributed by atoms with Gasteiger partial charge in [0.1, 0.15) is 31.6 Å². The Morgan fingerprint density at radius 3 is 2.52 bits per heavy atom. The molecule has 0 aliphatic carbocycles. The summed E-state index contributed by atoms with van der Waals surface area (Å²) >= 11 is 1.21. The highest BCUT2D eigenvalue weighted by atomic mass is 32.1. The van der Waals surface area contributed by atoms with Gasteiger partial charge in [-0.1, -0.05) is 18.2 Å². The van der Waals surface area contributed by atoms with Crippen LogP contribution in [0.25, 0.3) is 31.7 Å². The van der Waals surface area contributed by atoms with Gasteiger partial charge in [-0.3, -0.25) is 4.79 Å². The minimum Gasteiger partial charge on any atom is -0.480 e. The van der Waals surface area contributed by atoms with Gasteiger partial charge in [0.05, 0.1) is 10.2 Å². The van der Waals surface area contributed by atoms with Gasteiger partial charge in [-0.05, 0) is 24.6 Å². The van der Waals surface area contributed by atoms with Gasteiger partial charge in [-0.15, -0.1) is 11.3 Å². The predicted octanol–water partition coefficient (Wildman–Crippen LogP) is 5.72. The quantitative estimate of drug-likeness (QED) is 0.436. The second kappa shape index (κ2) is 7.51. The van der Waals surface area contributed by atoms with E-state index in [1.807, 2.05) is 24.3 Å². The molecule has 2 heterocycles. The van der Waals surface area contributed by atoms with Crippen LogP contribution >= 0.6 is 11.3 Å². The van der Waals surface area contributed by atoms with E-state index in [1.165, 1.54) is 17.4 Å². The Morgan fingerprint density at radius 2 is 1.86 bits per heavy atom. The summed E-state index contributed by atoms with van der Waals surface area (Å²) < 4.78 is 42.8. The summed E-state index contributed by atoms with van der Waals surface area (Å²) in [5.41, 5.74) is 2.94. The second-order valence-electron chi connectivity index (χ2n) is 6.73. The summed E-state index contributed by atoms with van der Waals surface area (Å²) in [6, 6.07) is 8.70. The maximum atomic E-state index is 13.7. The molecule has 0 spiro atoms. The highest BCUT2D eigenvalue weighted by Crippen LogP contribution is 2.41. The van der Waals surface area contributed by atoms with Crippen LogP contribution < -0.4 is 0 Å². The van der Waals surface area contributed by atoms with E-state index in [1.54, 1.807) is 11.5 Å². The largest absolute Gasteiger partial charge is 0.480 e. The van der Waals surface area contributed by atoms with Gasteiger partial charge in [-0.25, -0.2) is 18.2 Å². The molecule has 0 aliphatic heterocycles. The molecular formula is C21H17F3N2O2S. The Morgan fingerprint density at radius 1 is 1.14 bits per heavy atom. The van der Waals surface area contributed by atoms with Gasteiger partial charge in [0.15, 0.2) is 0 Å². The Bertz CT molecular complexity index is 1250. The van der Waals surface area contributed by atoms with Crippen molar-refractivity contribution in [3.63, 3.8) is 0 Å². The molecule has 4 nitrogen and oxygen atoms in total. The van der Waals surface area contributed by atoms with E-state index in [-0.39, 0.29) is 28.8 Å². The molecule has 4 aromatic rings. The number of fused-ring (bicyclic) bond motifs is 2. The first-order valence-electron chi connectivity index (χ1n) is 8.92. The summed E-state index contributed by atoms with van der Waals surface area (Å²) in [6.45, 7) is -1.02. The predicted molar refractivity (Wildman–Crippen MR) is 107 cm³/mol. The summed E-state index contributed by atoms with van der Waals surface area (Å²) in [7, 11) is 0.